The number of thiophene rings is 1. The van der Waals surface area contributed by atoms with Crippen LogP contribution in [0.1, 0.15) is 23.9 Å². The Kier molecular flexibility index (Phi) is 4.32. The number of nitrogens with zero attached hydrogens (tertiary/aromatic N) is 1. The summed E-state index contributed by atoms with van der Waals surface area (Å²) in [6, 6.07) is 15.1. The van der Waals surface area contributed by atoms with Crippen molar-refractivity contribution in [3.8, 4) is 10.4 Å². The highest BCUT2D eigenvalue weighted by atomic mass is 32.1. The number of para-hydroxylation sites is 1. The lowest BCUT2D eigenvalue weighted by atomic mass is 10.1. The van der Waals surface area contributed by atoms with Crippen molar-refractivity contribution in [3.63, 3.8) is 0 Å². The van der Waals surface area contributed by atoms with E-state index in [4.69, 9.17) is 4.98 Å². The van der Waals surface area contributed by atoms with Gasteiger partial charge < -0.3 is 5.32 Å². The first-order chi connectivity index (χ1) is 10.3. The maximum atomic E-state index is 4.73. The molecule has 0 fully saturated rings. The van der Waals surface area contributed by atoms with Crippen LogP contribution in [0.15, 0.2) is 42.5 Å². The van der Waals surface area contributed by atoms with Gasteiger partial charge >= 0.3 is 0 Å². The van der Waals surface area contributed by atoms with E-state index in [2.05, 4.69) is 54.7 Å². The van der Waals surface area contributed by atoms with Crippen molar-refractivity contribution in [2.75, 3.05) is 6.54 Å². The average molecular weight is 296 g/mol. The number of nitrogens with one attached hydrogen (secondary N) is 1. The smallest absolute Gasteiger partial charge is 0.0791 e. The van der Waals surface area contributed by atoms with Crippen molar-refractivity contribution < 1.29 is 0 Å². The summed E-state index contributed by atoms with van der Waals surface area (Å²) in [6.07, 6.45) is 1.17. The Morgan fingerprint density at radius 2 is 2.00 bits per heavy atom. The molecule has 0 saturated carbocycles. The van der Waals surface area contributed by atoms with Gasteiger partial charge in [-0.2, -0.15) is 0 Å². The van der Waals surface area contributed by atoms with Crippen LogP contribution in [-0.2, 0) is 6.54 Å². The van der Waals surface area contributed by atoms with Crippen molar-refractivity contribution in [2.24, 2.45) is 0 Å². The van der Waals surface area contributed by atoms with Gasteiger partial charge in [0.25, 0.3) is 0 Å². The SMILES string of the molecule is CCCNCc1ccc(-c2cccc3ccc(C)nc23)s1. The molecular weight excluding hydrogens is 276 g/mol. The normalized spacial score (nSPS) is 11.1. The van der Waals surface area contributed by atoms with Crippen molar-refractivity contribution in [3.05, 3.63) is 53.0 Å². The molecule has 2 nitrogen and oxygen atoms in total. The monoisotopic (exact) mass is 296 g/mol. The zero-order chi connectivity index (χ0) is 14.7. The van der Waals surface area contributed by atoms with Gasteiger partial charge in [-0.3, -0.25) is 4.98 Å². The van der Waals surface area contributed by atoms with E-state index in [0.717, 1.165) is 24.3 Å². The van der Waals surface area contributed by atoms with Crippen LogP contribution in [0.2, 0.25) is 0 Å². The Labute approximate surface area is 129 Å². The molecule has 108 valence electrons. The third-order valence-electron chi connectivity index (χ3n) is 3.51. The maximum absolute atomic E-state index is 4.73. The lowest BCUT2D eigenvalue weighted by Gasteiger charge is -2.05. The molecule has 1 N–H and O–H groups in total. The first-order valence-corrected chi connectivity index (χ1v) is 8.26. The molecular formula is C18H20N2S. The number of benzene rings is 1. The first-order valence-electron chi connectivity index (χ1n) is 7.44. The second-order valence-electron chi connectivity index (χ2n) is 5.27. The van der Waals surface area contributed by atoms with Crippen LogP contribution in [0.25, 0.3) is 21.3 Å². The van der Waals surface area contributed by atoms with E-state index in [0.29, 0.717) is 0 Å². The average Bonchev–Trinajstić information content (AvgIpc) is 2.95. The fourth-order valence-electron chi connectivity index (χ4n) is 2.45. The Balaban J connectivity index is 1.95. The minimum absolute atomic E-state index is 0.954. The molecule has 0 atom stereocenters. The molecule has 2 heterocycles. The van der Waals surface area contributed by atoms with E-state index in [1.807, 2.05) is 18.3 Å². The Morgan fingerprint density at radius 3 is 2.86 bits per heavy atom. The van der Waals surface area contributed by atoms with Gasteiger partial charge in [0, 0.05) is 32.9 Å². The molecule has 0 amide bonds. The highest BCUT2D eigenvalue weighted by Gasteiger charge is 2.08. The molecule has 0 aliphatic rings. The summed E-state index contributed by atoms with van der Waals surface area (Å²) in [5, 5.41) is 4.66. The number of hydrogen-bond acceptors (Lipinski definition) is 3. The van der Waals surface area contributed by atoms with Gasteiger partial charge in [-0.05, 0) is 38.1 Å². The number of rotatable bonds is 5. The van der Waals surface area contributed by atoms with E-state index in [9.17, 15) is 0 Å². The summed E-state index contributed by atoms with van der Waals surface area (Å²) >= 11 is 1.85. The van der Waals surface area contributed by atoms with Crippen LogP contribution in [0, 0.1) is 6.92 Å². The van der Waals surface area contributed by atoms with E-state index < -0.39 is 0 Å². The fraction of sp³-hybridized carbons (Fsp3) is 0.278. The van der Waals surface area contributed by atoms with Gasteiger partial charge in [0.1, 0.15) is 0 Å². The van der Waals surface area contributed by atoms with Crippen LogP contribution < -0.4 is 5.32 Å². The molecule has 3 heteroatoms. The summed E-state index contributed by atoms with van der Waals surface area (Å²) in [4.78, 5) is 7.40. The zero-order valence-electron chi connectivity index (χ0n) is 12.5. The van der Waals surface area contributed by atoms with Crippen molar-refractivity contribution in [1.29, 1.82) is 0 Å². The summed E-state index contributed by atoms with van der Waals surface area (Å²) in [6.45, 7) is 6.26. The van der Waals surface area contributed by atoms with Crippen LogP contribution in [-0.4, -0.2) is 11.5 Å². The number of hydrogen-bond donors (Lipinski definition) is 1. The Bertz CT molecular complexity index is 746. The topological polar surface area (TPSA) is 24.9 Å². The summed E-state index contributed by atoms with van der Waals surface area (Å²) in [5.41, 5.74) is 3.41. The molecule has 1 aromatic carbocycles. The fourth-order valence-corrected chi connectivity index (χ4v) is 3.45. The zero-order valence-corrected chi connectivity index (χ0v) is 13.3. The molecule has 21 heavy (non-hydrogen) atoms. The van der Waals surface area contributed by atoms with Crippen LogP contribution in [0.3, 0.4) is 0 Å². The molecule has 0 saturated heterocycles. The molecule has 0 aliphatic carbocycles. The number of pyridine rings is 1. The van der Waals surface area contributed by atoms with Gasteiger partial charge in [-0.1, -0.05) is 31.2 Å². The lowest BCUT2D eigenvalue weighted by molar-refractivity contribution is 0.681. The number of fused-ring (bicyclic) bond motifs is 1. The van der Waals surface area contributed by atoms with Crippen molar-refractivity contribution in [2.45, 2.75) is 26.8 Å². The summed E-state index contributed by atoms with van der Waals surface area (Å²) in [5.74, 6) is 0. The van der Waals surface area contributed by atoms with E-state index in [1.165, 1.54) is 27.1 Å². The largest absolute Gasteiger partial charge is 0.312 e. The predicted molar refractivity (Wildman–Crippen MR) is 91.8 cm³/mol. The van der Waals surface area contributed by atoms with Gasteiger partial charge in [0.2, 0.25) is 0 Å². The standard InChI is InChI=1S/C18H20N2S/c1-3-11-19-12-15-9-10-17(21-15)16-6-4-5-14-8-7-13(2)20-18(14)16/h4-10,19H,3,11-12H2,1-2H3. The third kappa shape index (κ3) is 3.14. The number of aromatic nitrogens is 1. The molecule has 0 aliphatic heterocycles. The van der Waals surface area contributed by atoms with Crippen molar-refractivity contribution >= 4 is 22.2 Å². The quantitative estimate of drug-likeness (QED) is 0.686. The second kappa shape index (κ2) is 6.37. The van der Waals surface area contributed by atoms with Crippen LogP contribution in [0.5, 0.6) is 0 Å². The van der Waals surface area contributed by atoms with Gasteiger partial charge in [0.05, 0.1) is 5.52 Å². The highest BCUT2D eigenvalue weighted by Crippen LogP contribution is 2.32. The van der Waals surface area contributed by atoms with Crippen LogP contribution >= 0.6 is 11.3 Å². The van der Waals surface area contributed by atoms with E-state index >= 15 is 0 Å². The number of aryl methyl sites for hydroxylation is 1. The molecule has 0 spiro atoms. The van der Waals surface area contributed by atoms with Crippen molar-refractivity contribution in [1.82, 2.24) is 10.3 Å². The molecule has 0 radical (unpaired) electrons. The predicted octanol–water partition coefficient (Wildman–Crippen LogP) is 4.77. The highest BCUT2D eigenvalue weighted by molar-refractivity contribution is 7.15. The van der Waals surface area contributed by atoms with Gasteiger partial charge in [-0.15, -0.1) is 11.3 Å². The van der Waals surface area contributed by atoms with E-state index in [1.54, 1.807) is 0 Å². The third-order valence-corrected chi connectivity index (χ3v) is 4.63. The molecule has 2 aromatic heterocycles. The van der Waals surface area contributed by atoms with Gasteiger partial charge in [0.15, 0.2) is 0 Å². The Morgan fingerprint density at radius 1 is 1.10 bits per heavy atom. The minimum atomic E-state index is 0.954. The minimum Gasteiger partial charge on any atom is -0.312 e. The molecule has 3 aromatic rings. The lowest BCUT2D eigenvalue weighted by Crippen LogP contribution is -2.12. The summed E-state index contributed by atoms with van der Waals surface area (Å²) < 4.78 is 0. The second-order valence-corrected chi connectivity index (χ2v) is 6.44. The van der Waals surface area contributed by atoms with Gasteiger partial charge in [-0.25, -0.2) is 0 Å². The summed E-state index contributed by atoms with van der Waals surface area (Å²) in [7, 11) is 0. The molecule has 0 unspecified atom stereocenters. The first kappa shape index (κ1) is 14.2. The molecule has 3 rings (SSSR count). The maximum Gasteiger partial charge on any atom is 0.0791 e. The van der Waals surface area contributed by atoms with E-state index in [-0.39, 0.29) is 0 Å². The Hall–Kier alpha value is -1.71. The van der Waals surface area contributed by atoms with Crippen LogP contribution in [0.4, 0.5) is 0 Å². The molecule has 0 bridgehead atoms.